The number of benzene rings is 1. The van der Waals surface area contributed by atoms with Crippen molar-refractivity contribution >= 4 is 5.97 Å². The average molecular weight is 205 g/mol. The first kappa shape index (κ1) is 11.5. The van der Waals surface area contributed by atoms with Crippen LogP contribution in [0.5, 0.6) is 0 Å². The smallest absolute Gasteiger partial charge is 0.330 e. The highest BCUT2D eigenvalue weighted by Crippen LogP contribution is 2.14. The maximum absolute atomic E-state index is 10.5. The van der Waals surface area contributed by atoms with Crippen LogP contribution < -0.4 is 5.73 Å². The van der Waals surface area contributed by atoms with Crippen LogP contribution in [0.2, 0.25) is 0 Å². The fourth-order valence-electron chi connectivity index (χ4n) is 1.23. The summed E-state index contributed by atoms with van der Waals surface area (Å²) >= 11 is 0. The summed E-state index contributed by atoms with van der Waals surface area (Å²) < 4.78 is 0. The summed E-state index contributed by atoms with van der Waals surface area (Å²) in [7, 11) is 0. The van der Waals surface area contributed by atoms with Gasteiger partial charge in [0.25, 0.3) is 0 Å². The normalized spacial score (nSPS) is 13.6. The van der Waals surface area contributed by atoms with Gasteiger partial charge >= 0.3 is 5.97 Å². The number of carbonyl (C=O) groups is 1. The molecule has 0 heterocycles. The average Bonchev–Trinajstić information content (AvgIpc) is 2.26. The minimum atomic E-state index is -0.893. The van der Waals surface area contributed by atoms with Crippen molar-refractivity contribution in [3.63, 3.8) is 0 Å². The van der Waals surface area contributed by atoms with Gasteiger partial charge in [-0.15, -0.1) is 0 Å². The van der Waals surface area contributed by atoms with Gasteiger partial charge in [-0.1, -0.05) is 36.4 Å². The summed E-state index contributed by atoms with van der Waals surface area (Å²) in [5, 5.41) is 8.66. The van der Waals surface area contributed by atoms with E-state index >= 15 is 0 Å². The number of aliphatic carboxylic acids is 1. The fraction of sp³-hybridized carbons (Fsp3) is 0.250. The highest BCUT2D eigenvalue weighted by molar-refractivity contribution is 5.85. The predicted molar refractivity (Wildman–Crippen MR) is 59.4 cm³/mol. The van der Waals surface area contributed by atoms with E-state index in [0.29, 0.717) is 12.0 Å². The second-order valence-electron chi connectivity index (χ2n) is 3.45. The zero-order valence-electron chi connectivity index (χ0n) is 8.68. The van der Waals surface area contributed by atoms with Crippen molar-refractivity contribution in [1.82, 2.24) is 0 Å². The summed E-state index contributed by atoms with van der Waals surface area (Å²) in [6.07, 6.45) is 2.20. The number of hydrogen-bond donors (Lipinski definition) is 2. The maximum Gasteiger partial charge on any atom is 0.330 e. The molecule has 0 aliphatic heterocycles. The van der Waals surface area contributed by atoms with Gasteiger partial charge in [0.15, 0.2) is 0 Å². The molecule has 0 spiro atoms. The topological polar surface area (TPSA) is 63.3 Å². The maximum atomic E-state index is 10.5. The third-order valence-corrected chi connectivity index (χ3v) is 2.24. The first-order chi connectivity index (χ1) is 7.11. The van der Waals surface area contributed by atoms with Gasteiger partial charge in [0.05, 0.1) is 0 Å². The number of hydrogen-bond acceptors (Lipinski definition) is 2. The van der Waals surface area contributed by atoms with E-state index in [9.17, 15) is 4.79 Å². The molecule has 1 rings (SSSR count). The van der Waals surface area contributed by atoms with Crippen LogP contribution in [-0.2, 0) is 4.79 Å². The molecular formula is C12H15NO2. The van der Waals surface area contributed by atoms with Gasteiger partial charge < -0.3 is 10.8 Å². The molecule has 0 bridgehead atoms. The minimum absolute atomic E-state index is 0.138. The molecule has 3 heteroatoms. The van der Waals surface area contributed by atoms with Gasteiger partial charge in [-0.25, -0.2) is 4.79 Å². The van der Waals surface area contributed by atoms with Crippen LogP contribution >= 0.6 is 0 Å². The Bertz CT molecular complexity index is 357. The van der Waals surface area contributed by atoms with Gasteiger partial charge in [0, 0.05) is 11.6 Å². The minimum Gasteiger partial charge on any atom is -0.478 e. The molecule has 0 amide bonds. The standard InChI is InChI=1S/C12H15NO2/c1-9(12(14)15)7-8-11(13)10-5-3-2-4-6-10/h2-7,11H,8,13H2,1H3,(H,14,15). The van der Waals surface area contributed by atoms with Crippen LogP contribution in [0.3, 0.4) is 0 Å². The van der Waals surface area contributed by atoms with Crippen LogP contribution in [0.1, 0.15) is 24.9 Å². The zero-order chi connectivity index (χ0) is 11.3. The Morgan fingerprint density at radius 2 is 2.07 bits per heavy atom. The lowest BCUT2D eigenvalue weighted by molar-refractivity contribution is -0.132. The van der Waals surface area contributed by atoms with Crippen molar-refractivity contribution in [3.8, 4) is 0 Å². The van der Waals surface area contributed by atoms with Crippen molar-refractivity contribution in [3.05, 3.63) is 47.5 Å². The summed E-state index contributed by atoms with van der Waals surface area (Å²) in [5.74, 6) is -0.893. The van der Waals surface area contributed by atoms with Crippen LogP contribution in [0.4, 0.5) is 0 Å². The molecule has 1 atom stereocenters. The van der Waals surface area contributed by atoms with Gasteiger partial charge in [0.2, 0.25) is 0 Å². The lowest BCUT2D eigenvalue weighted by atomic mass is 10.0. The highest BCUT2D eigenvalue weighted by Gasteiger charge is 2.05. The fourth-order valence-corrected chi connectivity index (χ4v) is 1.23. The monoisotopic (exact) mass is 205 g/mol. The lowest BCUT2D eigenvalue weighted by Gasteiger charge is -2.09. The largest absolute Gasteiger partial charge is 0.478 e. The van der Waals surface area contributed by atoms with E-state index in [4.69, 9.17) is 10.8 Å². The molecule has 80 valence electrons. The molecule has 3 nitrogen and oxygen atoms in total. The highest BCUT2D eigenvalue weighted by atomic mass is 16.4. The summed E-state index contributed by atoms with van der Waals surface area (Å²) in [6, 6.07) is 9.50. The number of carboxylic acids is 1. The van der Waals surface area contributed by atoms with E-state index in [-0.39, 0.29) is 6.04 Å². The molecule has 0 aliphatic rings. The first-order valence-electron chi connectivity index (χ1n) is 4.82. The van der Waals surface area contributed by atoms with Crippen molar-refractivity contribution in [2.75, 3.05) is 0 Å². The molecule has 15 heavy (non-hydrogen) atoms. The summed E-state index contributed by atoms with van der Waals surface area (Å²) in [6.45, 7) is 1.57. The predicted octanol–water partition coefficient (Wildman–Crippen LogP) is 2.11. The molecule has 0 fully saturated rings. The van der Waals surface area contributed by atoms with Crippen molar-refractivity contribution in [2.45, 2.75) is 19.4 Å². The third-order valence-electron chi connectivity index (χ3n) is 2.24. The Morgan fingerprint density at radius 3 is 2.60 bits per heavy atom. The second-order valence-corrected chi connectivity index (χ2v) is 3.45. The second kappa shape index (κ2) is 5.32. The number of nitrogens with two attached hydrogens (primary N) is 1. The molecule has 0 radical (unpaired) electrons. The molecule has 1 unspecified atom stereocenters. The SMILES string of the molecule is CC(=CCC(N)c1ccccc1)C(=O)O. The number of rotatable bonds is 4. The molecule has 0 aliphatic carbocycles. The molecule has 0 aromatic heterocycles. The van der Waals surface area contributed by atoms with E-state index in [0.717, 1.165) is 5.56 Å². The van der Waals surface area contributed by atoms with E-state index in [2.05, 4.69) is 0 Å². The number of carboxylic acid groups (broad SMARTS) is 1. The molecule has 0 saturated carbocycles. The van der Waals surface area contributed by atoms with Gasteiger partial charge in [0.1, 0.15) is 0 Å². The van der Waals surface area contributed by atoms with Crippen LogP contribution in [0.25, 0.3) is 0 Å². The molecular weight excluding hydrogens is 190 g/mol. The molecule has 1 aromatic rings. The first-order valence-corrected chi connectivity index (χ1v) is 4.82. The van der Waals surface area contributed by atoms with Crippen molar-refractivity contribution in [2.24, 2.45) is 5.73 Å². The Hall–Kier alpha value is -1.61. The quantitative estimate of drug-likeness (QED) is 0.740. The van der Waals surface area contributed by atoms with Gasteiger partial charge in [-0.2, -0.15) is 0 Å². The van der Waals surface area contributed by atoms with Crippen molar-refractivity contribution in [1.29, 1.82) is 0 Å². The lowest BCUT2D eigenvalue weighted by Crippen LogP contribution is -2.09. The third kappa shape index (κ3) is 3.56. The van der Waals surface area contributed by atoms with Gasteiger partial charge in [-0.3, -0.25) is 0 Å². The van der Waals surface area contributed by atoms with Crippen molar-refractivity contribution < 1.29 is 9.90 Å². The Balaban J connectivity index is 2.61. The molecule has 0 saturated heterocycles. The Labute approximate surface area is 89.2 Å². The van der Waals surface area contributed by atoms with E-state index < -0.39 is 5.97 Å². The van der Waals surface area contributed by atoms with Crippen LogP contribution in [0.15, 0.2) is 42.0 Å². The van der Waals surface area contributed by atoms with E-state index in [1.54, 1.807) is 13.0 Å². The van der Waals surface area contributed by atoms with Crippen LogP contribution in [-0.4, -0.2) is 11.1 Å². The molecule has 1 aromatic carbocycles. The Kier molecular flexibility index (Phi) is 4.06. The summed E-state index contributed by atoms with van der Waals surface area (Å²) in [5.41, 5.74) is 7.26. The zero-order valence-corrected chi connectivity index (χ0v) is 8.68. The van der Waals surface area contributed by atoms with Gasteiger partial charge in [-0.05, 0) is 18.9 Å². The summed E-state index contributed by atoms with van der Waals surface area (Å²) in [4.78, 5) is 10.5. The van der Waals surface area contributed by atoms with E-state index in [1.807, 2.05) is 30.3 Å². The Morgan fingerprint density at radius 1 is 1.47 bits per heavy atom. The van der Waals surface area contributed by atoms with E-state index in [1.165, 1.54) is 0 Å². The van der Waals surface area contributed by atoms with Crippen LogP contribution in [0, 0.1) is 0 Å². The molecule has 3 N–H and O–H groups in total.